The van der Waals surface area contributed by atoms with Gasteiger partial charge in [-0.1, -0.05) is 150 Å². The summed E-state index contributed by atoms with van der Waals surface area (Å²) in [6.45, 7) is 11.0. The van der Waals surface area contributed by atoms with Gasteiger partial charge in [0, 0.05) is 44.8 Å². The fourth-order valence-corrected chi connectivity index (χ4v) is 7.74. The molecule has 0 aliphatic heterocycles. The zero-order valence-corrected chi connectivity index (χ0v) is 34.9. The molecule has 0 aromatic heterocycles. The summed E-state index contributed by atoms with van der Waals surface area (Å²) in [6, 6.07) is 31.0. The first-order valence-electron chi connectivity index (χ1n) is 20.8. The van der Waals surface area contributed by atoms with E-state index in [4.69, 9.17) is 13.7 Å². The molecule has 5 nitrogen and oxygen atoms in total. The van der Waals surface area contributed by atoms with Crippen LogP contribution in [0.15, 0.2) is 115 Å². The minimum Gasteiger partial charge on any atom is -0.365 e. The molecule has 2 fully saturated rings. The average molecular weight is 759 g/mol. The number of hydrogen-bond donors (Lipinski definition) is 2. The molecule has 6 heteroatoms. The van der Waals surface area contributed by atoms with Crippen LogP contribution in [-0.4, -0.2) is 40.8 Å². The molecule has 0 saturated heterocycles. The molecule has 54 heavy (non-hydrogen) atoms. The van der Waals surface area contributed by atoms with Crippen molar-refractivity contribution in [3.05, 3.63) is 131 Å². The van der Waals surface area contributed by atoms with E-state index in [2.05, 4.69) is 73.7 Å². The van der Waals surface area contributed by atoms with Gasteiger partial charge < -0.3 is 23.9 Å². The quantitative estimate of drug-likeness (QED) is 0.126. The lowest BCUT2D eigenvalue weighted by molar-refractivity contribution is -0.251. The van der Waals surface area contributed by atoms with Crippen molar-refractivity contribution in [1.29, 1.82) is 0 Å². The van der Waals surface area contributed by atoms with Crippen LogP contribution in [0.25, 0.3) is 0 Å². The molecule has 3 aromatic rings. The standard InChI is InChI=1S/C22H28O3S.C22H30O2.2C2H6/c1-26-24-17-19-12-14-22(23,15-13-19)25-21(20-10-6-3-7-11-20)16-18-8-4-2-5-9-18;1-2-18-13-15-22(23,16-14-18)24-21(20-11-7-4-8-12-20)17-19-9-5-3-6-10-19;2*1-2/h2-11,19,21,23H,12-17H2,1H3;3,5-7,9-12,18,21,23H,2,4,8,13-17H2,1H3;2*1-2H3/t19?,21-,22?;18?,21-,22?;;/m11../s1. The fourth-order valence-electron chi connectivity index (χ4n) is 7.41. The van der Waals surface area contributed by atoms with Gasteiger partial charge in [-0.2, -0.15) is 0 Å². The predicted molar refractivity (Wildman–Crippen MR) is 228 cm³/mol. The lowest BCUT2D eigenvalue weighted by Crippen LogP contribution is -2.41. The molecule has 3 aliphatic rings. The maximum Gasteiger partial charge on any atom is 0.166 e. The molecular weight excluding hydrogens is 689 g/mol. The summed E-state index contributed by atoms with van der Waals surface area (Å²) in [6.07, 6.45) is 20.2. The minimum atomic E-state index is -1.05. The Morgan fingerprint density at radius 2 is 1.11 bits per heavy atom. The van der Waals surface area contributed by atoms with Crippen LogP contribution >= 0.6 is 12.0 Å². The highest BCUT2D eigenvalue weighted by atomic mass is 32.2. The van der Waals surface area contributed by atoms with Crippen LogP contribution in [0.3, 0.4) is 0 Å². The van der Waals surface area contributed by atoms with Gasteiger partial charge >= 0.3 is 0 Å². The van der Waals surface area contributed by atoms with E-state index in [9.17, 15) is 10.2 Å². The lowest BCUT2D eigenvalue weighted by Gasteiger charge is -2.39. The van der Waals surface area contributed by atoms with Crippen LogP contribution in [0.5, 0.6) is 0 Å². The van der Waals surface area contributed by atoms with Crippen LogP contribution in [0.2, 0.25) is 0 Å². The van der Waals surface area contributed by atoms with Crippen LogP contribution in [0, 0.1) is 11.8 Å². The molecule has 0 amide bonds. The van der Waals surface area contributed by atoms with Crippen molar-refractivity contribution < 1.29 is 23.9 Å². The van der Waals surface area contributed by atoms with Crippen molar-refractivity contribution in [2.24, 2.45) is 11.8 Å². The van der Waals surface area contributed by atoms with Crippen molar-refractivity contribution >= 4 is 12.0 Å². The average Bonchev–Trinajstić information content (AvgIpc) is 3.23. The molecule has 2 saturated carbocycles. The molecule has 3 aromatic carbocycles. The van der Waals surface area contributed by atoms with Gasteiger partial charge in [0.2, 0.25) is 0 Å². The SMILES string of the molecule is CC.CC.CCC1CCC(O)(O[C@H](Cc2ccccc2)C2=CCCC=C2)CC1.CSOCC1CCC(O)(O[C@H](Cc2ccccc2)c2ccccc2)CC1. The van der Waals surface area contributed by atoms with Crippen molar-refractivity contribution in [2.75, 3.05) is 12.9 Å². The van der Waals surface area contributed by atoms with Crippen LogP contribution in [0.1, 0.15) is 128 Å². The van der Waals surface area contributed by atoms with Crippen molar-refractivity contribution in [2.45, 2.75) is 142 Å². The molecular formula is C48H70O5S. The van der Waals surface area contributed by atoms with E-state index in [1.165, 1.54) is 35.2 Å². The first kappa shape index (κ1) is 45.7. The van der Waals surface area contributed by atoms with E-state index in [0.717, 1.165) is 82.3 Å². The molecule has 3 aliphatic carbocycles. The van der Waals surface area contributed by atoms with Crippen molar-refractivity contribution in [3.8, 4) is 0 Å². The van der Waals surface area contributed by atoms with Gasteiger partial charge in [0.25, 0.3) is 0 Å². The van der Waals surface area contributed by atoms with Crippen LogP contribution in [-0.2, 0) is 26.5 Å². The maximum absolute atomic E-state index is 11.1. The highest BCUT2D eigenvalue weighted by Crippen LogP contribution is 2.39. The number of allylic oxidation sites excluding steroid dienone is 2. The summed E-state index contributed by atoms with van der Waals surface area (Å²) >= 11 is 1.41. The van der Waals surface area contributed by atoms with Crippen molar-refractivity contribution in [1.82, 2.24) is 0 Å². The lowest BCUT2D eigenvalue weighted by atomic mass is 9.83. The first-order chi connectivity index (χ1) is 26.4. The number of hydrogen-bond acceptors (Lipinski definition) is 6. The van der Waals surface area contributed by atoms with Gasteiger partial charge in [-0.05, 0) is 84.7 Å². The largest absolute Gasteiger partial charge is 0.365 e. The number of ether oxygens (including phenoxy) is 2. The van der Waals surface area contributed by atoms with Gasteiger partial charge in [-0.3, -0.25) is 0 Å². The van der Waals surface area contributed by atoms with E-state index in [1.54, 1.807) is 0 Å². The first-order valence-corrected chi connectivity index (χ1v) is 22.0. The molecule has 0 spiro atoms. The van der Waals surface area contributed by atoms with Gasteiger partial charge in [0.05, 0.1) is 18.8 Å². The zero-order chi connectivity index (χ0) is 39.1. The second-order valence-corrected chi connectivity index (χ2v) is 14.9. The highest BCUT2D eigenvalue weighted by molar-refractivity contribution is 7.93. The van der Waals surface area contributed by atoms with Gasteiger partial charge in [0.1, 0.15) is 0 Å². The van der Waals surface area contributed by atoms with Gasteiger partial charge in [-0.25, -0.2) is 0 Å². The third kappa shape index (κ3) is 15.8. The Kier molecular flexibility index (Phi) is 21.5. The monoisotopic (exact) mass is 758 g/mol. The Morgan fingerprint density at radius 3 is 1.57 bits per heavy atom. The van der Waals surface area contributed by atoms with E-state index in [1.807, 2.05) is 76.4 Å². The van der Waals surface area contributed by atoms with Crippen LogP contribution in [0.4, 0.5) is 0 Å². The summed E-state index contributed by atoms with van der Waals surface area (Å²) in [4.78, 5) is 0. The Hall–Kier alpha value is -2.71. The van der Waals surface area contributed by atoms with Gasteiger partial charge in [0.15, 0.2) is 11.6 Å². The molecule has 0 heterocycles. The summed E-state index contributed by atoms with van der Waals surface area (Å²) in [7, 11) is 0. The molecule has 2 atom stereocenters. The fraction of sp³-hybridized carbons (Fsp3) is 0.542. The number of aliphatic hydroxyl groups is 2. The molecule has 298 valence electrons. The van der Waals surface area contributed by atoms with Crippen molar-refractivity contribution in [3.63, 3.8) is 0 Å². The normalized spacial score (nSPS) is 24.6. The third-order valence-electron chi connectivity index (χ3n) is 10.6. The second-order valence-electron chi connectivity index (χ2n) is 14.3. The summed E-state index contributed by atoms with van der Waals surface area (Å²) < 4.78 is 18.1. The molecule has 0 bridgehead atoms. The third-order valence-corrected chi connectivity index (χ3v) is 11.0. The Balaban J connectivity index is 0.000000267. The minimum absolute atomic E-state index is 0.0628. The summed E-state index contributed by atoms with van der Waals surface area (Å²) in [5, 5.41) is 22.0. The van der Waals surface area contributed by atoms with Crippen LogP contribution < -0.4 is 0 Å². The Bertz CT molecular complexity index is 1430. The van der Waals surface area contributed by atoms with E-state index < -0.39 is 11.6 Å². The second kappa shape index (κ2) is 25.4. The smallest absolute Gasteiger partial charge is 0.166 e. The summed E-state index contributed by atoms with van der Waals surface area (Å²) in [5.74, 6) is -0.756. The highest BCUT2D eigenvalue weighted by Gasteiger charge is 2.38. The van der Waals surface area contributed by atoms with E-state index >= 15 is 0 Å². The Labute approximate surface area is 332 Å². The molecule has 0 unspecified atom stereocenters. The number of benzene rings is 3. The topological polar surface area (TPSA) is 68.2 Å². The molecule has 0 radical (unpaired) electrons. The summed E-state index contributed by atoms with van der Waals surface area (Å²) in [5.41, 5.74) is 4.80. The Morgan fingerprint density at radius 1 is 0.648 bits per heavy atom. The van der Waals surface area contributed by atoms with Gasteiger partial charge in [-0.15, -0.1) is 0 Å². The number of rotatable bonds is 14. The maximum atomic E-state index is 11.1. The molecule has 2 N–H and O–H groups in total. The van der Waals surface area contributed by atoms with E-state index in [-0.39, 0.29) is 12.2 Å². The zero-order valence-electron chi connectivity index (χ0n) is 34.1. The molecule has 6 rings (SSSR count). The van der Waals surface area contributed by atoms with E-state index in [0.29, 0.717) is 18.8 Å². The predicted octanol–water partition coefficient (Wildman–Crippen LogP) is 12.4.